The highest BCUT2D eigenvalue weighted by atomic mass is 79.9. The van der Waals surface area contributed by atoms with Crippen LogP contribution in [-0.2, 0) is 12.6 Å². The zero-order valence-corrected chi connectivity index (χ0v) is 18.6. The van der Waals surface area contributed by atoms with Crippen LogP contribution in [0.15, 0.2) is 77.3 Å². The van der Waals surface area contributed by atoms with Gasteiger partial charge in [-0.25, -0.2) is 0 Å². The van der Waals surface area contributed by atoms with Gasteiger partial charge in [0.2, 0.25) is 6.04 Å². The first kappa shape index (κ1) is 23.6. The molecular weight excluding hydrogens is 489 g/mol. The van der Waals surface area contributed by atoms with Crippen molar-refractivity contribution >= 4 is 21.6 Å². The van der Waals surface area contributed by atoms with Crippen molar-refractivity contribution in [3.63, 3.8) is 0 Å². The Morgan fingerprint density at radius 3 is 2.34 bits per heavy atom. The SMILES string of the molecule is COc1ccc(N[C@H](c2cccc(C(F)(F)F)c2)[C@H](Cc2ccccc2Br)[N+](=O)[O-])cc1. The van der Waals surface area contributed by atoms with E-state index < -0.39 is 28.7 Å². The van der Waals surface area contributed by atoms with Gasteiger partial charge in [0.25, 0.3) is 0 Å². The van der Waals surface area contributed by atoms with Crippen LogP contribution in [0, 0.1) is 10.1 Å². The van der Waals surface area contributed by atoms with Crippen LogP contribution in [0.3, 0.4) is 0 Å². The summed E-state index contributed by atoms with van der Waals surface area (Å²) in [5, 5.41) is 15.2. The number of rotatable bonds is 8. The molecule has 168 valence electrons. The van der Waals surface area contributed by atoms with E-state index in [1.165, 1.54) is 19.2 Å². The molecule has 0 amide bonds. The summed E-state index contributed by atoms with van der Waals surface area (Å²) < 4.78 is 45.8. The fourth-order valence-electron chi connectivity index (χ4n) is 3.38. The summed E-state index contributed by atoms with van der Waals surface area (Å²) in [7, 11) is 1.51. The molecule has 0 bridgehead atoms. The number of halogens is 4. The second-order valence-corrected chi connectivity index (χ2v) is 7.98. The standard InChI is InChI=1S/C23H20BrF3N2O3/c1-32-19-11-9-18(10-12-19)28-22(16-6-4-7-17(13-16)23(25,26)27)21(29(30)31)14-15-5-2-3-8-20(15)24/h2-13,21-22,28H,14H2,1H3/t21-,22+/m0/s1. The van der Waals surface area contributed by atoms with Gasteiger partial charge in [-0.05, 0) is 53.6 Å². The van der Waals surface area contributed by atoms with Crippen LogP contribution >= 0.6 is 15.9 Å². The van der Waals surface area contributed by atoms with E-state index in [1.54, 1.807) is 48.5 Å². The molecular formula is C23H20BrF3N2O3. The summed E-state index contributed by atoms with van der Waals surface area (Å²) in [5.74, 6) is 0.588. The summed E-state index contributed by atoms with van der Waals surface area (Å²) >= 11 is 3.39. The zero-order chi connectivity index (χ0) is 23.3. The average Bonchev–Trinajstić information content (AvgIpc) is 2.77. The highest BCUT2D eigenvalue weighted by Gasteiger charge is 2.36. The number of methoxy groups -OCH3 is 1. The van der Waals surface area contributed by atoms with Gasteiger partial charge in [-0.1, -0.05) is 46.3 Å². The van der Waals surface area contributed by atoms with Gasteiger partial charge in [0.05, 0.1) is 12.7 Å². The first-order valence-electron chi connectivity index (χ1n) is 9.63. The molecule has 5 nitrogen and oxygen atoms in total. The van der Waals surface area contributed by atoms with Gasteiger partial charge in [0.15, 0.2) is 0 Å². The molecule has 3 aromatic carbocycles. The van der Waals surface area contributed by atoms with Crippen molar-refractivity contribution in [1.29, 1.82) is 0 Å². The van der Waals surface area contributed by atoms with Crippen molar-refractivity contribution in [3.05, 3.63) is 104 Å². The minimum Gasteiger partial charge on any atom is -0.497 e. The molecule has 0 spiro atoms. The van der Waals surface area contributed by atoms with Crippen LogP contribution in [0.5, 0.6) is 5.75 Å². The normalized spacial score (nSPS) is 13.3. The third kappa shape index (κ3) is 5.79. The highest BCUT2D eigenvalue weighted by Crippen LogP contribution is 2.34. The number of nitro groups is 1. The molecule has 2 atom stereocenters. The van der Waals surface area contributed by atoms with Crippen LogP contribution in [-0.4, -0.2) is 18.1 Å². The number of ether oxygens (including phenoxy) is 1. The predicted molar refractivity (Wildman–Crippen MR) is 119 cm³/mol. The molecule has 0 aliphatic rings. The third-order valence-corrected chi connectivity index (χ3v) is 5.80. The van der Waals surface area contributed by atoms with Crippen LogP contribution in [0.4, 0.5) is 18.9 Å². The zero-order valence-electron chi connectivity index (χ0n) is 17.0. The van der Waals surface area contributed by atoms with Crippen LogP contribution in [0.25, 0.3) is 0 Å². The van der Waals surface area contributed by atoms with Crippen molar-refractivity contribution in [1.82, 2.24) is 0 Å². The molecule has 3 aromatic rings. The van der Waals surface area contributed by atoms with E-state index in [0.717, 1.165) is 12.1 Å². The summed E-state index contributed by atoms with van der Waals surface area (Å²) in [6.45, 7) is 0. The maximum absolute atomic E-state index is 13.3. The van der Waals surface area contributed by atoms with Crippen molar-refractivity contribution < 1.29 is 22.8 Å². The van der Waals surface area contributed by atoms with Gasteiger partial charge in [-0.3, -0.25) is 10.1 Å². The van der Waals surface area contributed by atoms with Gasteiger partial charge in [-0.2, -0.15) is 13.2 Å². The average molecular weight is 509 g/mol. The predicted octanol–water partition coefficient (Wildman–Crippen LogP) is 6.52. The van der Waals surface area contributed by atoms with Gasteiger partial charge >= 0.3 is 6.18 Å². The van der Waals surface area contributed by atoms with Crippen molar-refractivity contribution in [2.45, 2.75) is 24.7 Å². The molecule has 3 rings (SSSR count). The summed E-state index contributed by atoms with van der Waals surface area (Å²) in [4.78, 5) is 11.7. The van der Waals surface area contributed by atoms with Crippen LogP contribution in [0.2, 0.25) is 0 Å². The number of hydrogen-bond acceptors (Lipinski definition) is 4. The second kappa shape index (κ2) is 10.0. The highest BCUT2D eigenvalue weighted by molar-refractivity contribution is 9.10. The van der Waals surface area contributed by atoms with Gasteiger partial charge in [-0.15, -0.1) is 0 Å². The quantitative estimate of drug-likeness (QED) is 0.278. The Bertz CT molecular complexity index is 1070. The maximum atomic E-state index is 13.3. The smallest absolute Gasteiger partial charge is 0.416 e. The molecule has 0 aromatic heterocycles. The number of nitrogens with zero attached hydrogens (tertiary/aromatic N) is 1. The summed E-state index contributed by atoms with van der Waals surface area (Å²) in [5.41, 5.74) is 0.513. The van der Waals surface area contributed by atoms with Crippen LogP contribution in [0.1, 0.15) is 22.7 Å². The molecule has 0 saturated heterocycles. The molecule has 32 heavy (non-hydrogen) atoms. The molecule has 0 aliphatic carbocycles. The van der Waals surface area contributed by atoms with E-state index in [1.807, 2.05) is 0 Å². The van der Waals surface area contributed by atoms with E-state index >= 15 is 0 Å². The van der Waals surface area contributed by atoms with Crippen molar-refractivity contribution in [3.8, 4) is 5.75 Å². The number of nitrogens with one attached hydrogen (secondary N) is 1. The lowest BCUT2D eigenvalue weighted by molar-refractivity contribution is -0.525. The largest absolute Gasteiger partial charge is 0.497 e. The topological polar surface area (TPSA) is 64.4 Å². The minimum atomic E-state index is -4.56. The molecule has 1 N–H and O–H groups in total. The maximum Gasteiger partial charge on any atom is 0.416 e. The first-order chi connectivity index (χ1) is 15.2. The Balaban J connectivity index is 2.04. The van der Waals surface area contributed by atoms with Crippen molar-refractivity contribution in [2.75, 3.05) is 12.4 Å². The monoisotopic (exact) mass is 508 g/mol. The lowest BCUT2D eigenvalue weighted by Crippen LogP contribution is -2.34. The third-order valence-electron chi connectivity index (χ3n) is 5.03. The second-order valence-electron chi connectivity index (χ2n) is 7.12. The molecule has 0 unspecified atom stereocenters. The Labute approximate surface area is 191 Å². The summed E-state index contributed by atoms with van der Waals surface area (Å²) in [6, 6.07) is 16.1. The first-order valence-corrected chi connectivity index (χ1v) is 10.4. The van der Waals surface area contributed by atoms with Crippen LogP contribution < -0.4 is 10.1 Å². The Morgan fingerprint density at radius 2 is 1.75 bits per heavy atom. The molecule has 0 heterocycles. The molecule has 0 saturated carbocycles. The lowest BCUT2D eigenvalue weighted by atomic mass is 9.92. The number of benzene rings is 3. The van der Waals surface area contributed by atoms with Gasteiger partial charge in [0, 0.05) is 21.5 Å². The lowest BCUT2D eigenvalue weighted by Gasteiger charge is -2.25. The molecule has 0 radical (unpaired) electrons. The number of anilines is 1. The minimum absolute atomic E-state index is 0.0124. The fourth-order valence-corrected chi connectivity index (χ4v) is 3.83. The molecule has 9 heteroatoms. The number of alkyl halides is 3. The van der Waals surface area contributed by atoms with Gasteiger partial charge in [0.1, 0.15) is 11.8 Å². The van der Waals surface area contributed by atoms with E-state index in [2.05, 4.69) is 21.2 Å². The van der Waals surface area contributed by atoms with Gasteiger partial charge < -0.3 is 10.1 Å². The molecule has 0 aliphatic heterocycles. The number of hydrogen-bond donors (Lipinski definition) is 1. The van der Waals surface area contributed by atoms with E-state index in [-0.39, 0.29) is 12.0 Å². The fraction of sp³-hybridized carbons (Fsp3) is 0.217. The Morgan fingerprint density at radius 1 is 1.06 bits per heavy atom. The Kier molecular flexibility index (Phi) is 7.40. The van der Waals surface area contributed by atoms with Crippen molar-refractivity contribution in [2.24, 2.45) is 0 Å². The van der Waals surface area contributed by atoms with E-state index in [9.17, 15) is 23.3 Å². The Hall–Kier alpha value is -3.07. The van der Waals surface area contributed by atoms with E-state index in [0.29, 0.717) is 21.5 Å². The van der Waals surface area contributed by atoms with E-state index in [4.69, 9.17) is 4.74 Å². The molecule has 0 fully saturated rings. The summed E-state index contributed by atoms with van der Waals surface area (Å²) in [6.07, 6.45) is -4.55.